The number of allylic oxidation sites excluding steroid dienone is 1. The Kier molecular flexibility index (Phi) is 5.20. The van der Waals surface area contributed by atoms with E-state index in [0.717, 1.165) is 0 Å². The Morgan fingerprint density at radius 3 is 2.26 bits per heavy atom. The maximum Gasteiger partial charge on any atom is 0.417 e. The topological polar surface area (TPSA) is 81.4 Å². The van der Waals surface area contributed by atoms with Crippen LogP contribution in [-0.2, 0) is 4.79 Å². The monoisotopic (exact) mass is 278 g/mol. The van der Waals surface area contributed by atoms with Crippen molar-refractivity contribution in [3.63, 3.8) is 0 Å². The first-order valence-electron chi connectivity index (χ1n) is 5.47. The van der Waals surface area contributed by atoms with E-state index in [-0.39, 0.29) is 22.0 Å². The van der Waals surface area contributed by atoms with Crippen LogP contribution in [-0.4, -0.2) is 16.9 Å². The van der Waals surface area contributed by atoms with Crippen LogP contribution in [0.15, 0.2) is 41.6 Å². The molecule has 1 aromatic rings. The summed E-state index contributed by atoms with van der Waals surface area (Å²) in [5.74, 6) is 0.0608. The van der Waals surface area contributed by atoms with Crippen LogP contribution in [0.1, 0.15) is 13.8 Å². The number of hydrogen-bond acceptors (Lipinski definition) is 5. The summed E-state index contributed by atoms with van der Waals surface area (Å²) >= 11 is 4.95. The van der Waals surface area contributed by atoms with Gasteiger partial charge in [-0.3, -0.25) is 10.1 Å². The summed E-state index contributed by atoms with van der Waals surface area (Å²) in [6, 6.07) is 8.50. The highest BCUT2D eigenvalue weighted by Crippen LogP contribution is 2.09. The standard InChI is InChI=1S/C13H14N2O3S/c1-8(14)11(9(2)16)12(19)15-13(17)18-10-6-4-3-5-7-10/h3-7H,14H2,1-2H3,(H,15,17,19)/b11-8-. The molecular weight excluding hydrogens is 264 g/mol. The lowest BCUT2D eigenvalue weighted by Crippen LogP contribution is -2.35. The van der Waals surface area contributed by atoms with Crippen LogP contribution in [0.4, 0.5) is 4.79 Å². The third-order valence-corrected chi connectivity index (χ3v) is 2.45. The fourth-order valence-electron chi connectivity index (χ4n) is 1.39. The van der Waals surface area contributed by atoms with Crippen molar-refractivity contribution in [3.8, 4) is 5.75 Å². The molecule has 0 heterocycles. The van der Waals surface area contributed by atoms with Gasteiger partial charge in [0, 0.05) is 5.70 Å². The Labute approximate surface area is 116 Å². The molecule has 0 bridgehead atoms. The Morgan fingerprint density at radius 2 is 1.79 bits per heavy atom. The Morgan fingerprint density at radius 1 is 1.21 bits per heavy atom. The maximum absolute atomic E-state index is 11.6. The van der Waals surface area contributed by atoms with E-state index >= 15 is 0 Å². The normalized spacial score (nSPS) is 11.3. The molecule has 0 saturated carbocycles. The number of hydrogen-bond donors (Lipinski definition) is 2. The van der Waals surface area contributed by atoms with E-state index < -0.39 is 6.09 Å². The number of carbonyl (C=O) groups is 2. The molecule has 100 valence electrons. The average Bonchev–Trinajstić information content (AvgIpc) is 2.28. The third-order valence-electron chi connectivity index (χ3n) is 2.14. The predicted octanol–water partition coefficient (Wildman–Crippen LogP) is 1.92. The second kappa shape index (κ2) is 6.65. The number of Topliss-reactive ketones (excluding diaryl/α,β-unsaturated/α-hetero) is 1. The van der Waals surface area contributed by atoms with Gasteiger partial charge in [-0.15, -0.1) is 0 Å². The number of nitrogens with two attached hydrogens (primary N) is 1. The van der Waals surface area contributed by atoms with E-state index in [1.165, 1.54) is 13.8 Å². The molecule has 1 amide bonds. The van der Waals surface area contributed by atoms with Gasteiger partial charge in [0.2, 0.25) is 0 Å². The smallest absolute Gasteiger partial charge is 0.410 e. The van der Waals surface area contributed by atoms with Gasteiger partial charge in [-0.2, -0.15) is 0 Å². The molecule has 3 N–H and O–H groups in total. The SMILES string of the molecule is CC(=O)/C(C(=S)NC(=O)Oc1ccccc1)=C(\C)N. The number of benzene rings is 1. The predicted molar refractivity (Wildman–Crippen MR) is 75.8 cm³/mol. The number of rotatable bonds is 3. The van der Waals surface area contributed by atoms with Crippen molar-refractivity contribution in [2.45, 2.75) is 13.8 Å². The minimum Gasteiger partial charge on any atom is -0.410 e. The highest BCUT2D eigenvalue weighted by Gasteiger charge is 2.16. The van der Waals surface area contributed by atoms with Crippen LogP contribution >= 0.6 is 12.2 Å². The van der Waals surface area contributed by atoms with Crippen molar-refractivity contribution in [2.75, 3.05) is 0 Å². The molecule has 0 aliphatic heterocycles. The van der Waals surface area contributed by atoms with Gasteiger partial charge in [0.15, 0.2) is 5.78 Å². The van der Waals surface area contributed by atoms with Gasteiger partial charge >= 0.3 is 6.09 Å². The highest BCUT2D eigenvalue weighted by molar-refractivity contribution is 7.81. The molecule has 6 heteroatoms. The molecule has 0 saturated heterocycles. The molecule has 5 nitrogen and oxygen atoms in total. The quantitative estimate of drug-likeness (QED) is 0.652. The molecular formula is C13H14N2O3S. The largest absolute Gasteiger partial charge is 0.417 e. The first-order valence-corrected chi connectivity index (χ1v) is 5.88. The van der Waals surface area contributed by atoms with E-state index in [4.69, 9.17) is 22.7 Å². The minimum atomic E-state index is -0.767. The van der Waals surface area contributed by atoms with Gasteiger partial charge in [0.25, 0.3) is 0 Å². The fourth-order valence-corrected chi connectivity index (χ4v) is 1.78. The van der Waals surface area contributed by atoms with Crippen molar-refractivity contribution in [1.82, 2.24) is 5.32 Å². The van der Waals surface area contributed by atoms with Crippen molar-refractivity contribution >= 4 is 29.1 Å². The number of ketones is 1. The second-order valence-electron chi connectivity index (χ2n) is 3.77. The highest BCUT2D eigenvalue weighted by atomic mass is 32.1. The molecule has 0 radical (unpaired) electrons. The number of amides is 1. The van der Waals surface area contributed by atoms with Crippen LogP contribution in [0.2, 0.25) is 0 Å². The lowest BCUT2D eigenvalue weighted by atomic mass is 10.1. The average molecular weight is 278 g/mol. The molecule has 1 aromatic carbocycles. The summed E-state index contributed by atoms with van der Waals surface area (Å²) in [7, 11) is 0. The van der Waals surface area contributed by atoms with Crippen LogP contribution in [0, 0.1) is 0 Å². The van der Waals surface area contributed by atoms with Crippen molar-refractivity contribution < 1.29 is 14.3 Å². The summed E-state index contributed by atoms with van der Waals surface area (Å²) in [5, 5.41) is 2.30. The number of carbonyl (C=O) groups excluding carboxylic acids is 2. The van der Waals surface area contributed by atoms with Gasteiger partial charge in [-0.25, -0.2) is 4.79 Å². The van der Waals surface area contributed by atoms with Gasteiger partial charge in [-0.05, 0) is 26.0 Å². The second-order valence-corrected chi connectivity index (χ2v) is 4.18. The van der Waals surface area contributed by atoms with E-state index in [1.807, 2.05) is 0 Å². The number of para-hydroxylation sites is 1. The first kappa shape index (κ1) is 14.8. The van der Waals surface area contributed by atoms with E-state index in [1.54, 1.807) is 30.3 Å². The summed E-state index contributed by atoms with van der Waals surface area (Å²) in [5.41, 5.74) is 5.90. The van der Waals surface area contributed by atoms with Crippen LogP contribution in [0.25, 0.3) is 0 Å². The molecule has 0 atom stereocenters. The summed E-state index contributed by atoms with van der Waals surface area (Å²) in [4.78, 5) is 22.9. The Bertz CT molecular complexity index is 534. The van der Waals surface area contributed by atoms with Crippen LogP contribution < -0.4 is 15.8 Å². The summed E-state index contributed by atoms with van der Waals surface area (Å²) < 4.78 is 4.98. The Hall–Kier alpha value is -2.21. The van der Waals surface area contributed by atoms with E-state index in [9.17, 15) is 9.59 Å². The molecule has 0 unspecified atom stereocenters. The zero-order valence-electron chi connectivity index (χ0n) is 10.6. The zero-order valence-corrected chi connectivity index (χ0v) is 11.4. The van der Waals surface area contributed by atoms with Crippen LogP contribution in [0.5, 0.6) is 5.75 Å². The zero-order chi connectivity index (χ0) is 14.4. The van der Waals surface area contributed by atoms with Gasteiger partial charge in [0.05, 0.1) is 5.57 Å². The third kappa shape index (κ3) is 4.51. The molecule has 0 spiro atoms. The lowest BCUT2D eigenvalue weighted by Gasteiger charge is -2.10. The van der Waals surface area contributed by atoms with Gasteiger partial charge in [0.1, 0.15) is 10.7 Å². The molecule has 0 aliphatic rings. The van der Waals surface area contributed by atoms with Gasteiger partial charge < -0.3 is 10.5 Å². The minimum absolute atomic E-state index is 0.0477. The number of nitrogens with one attached hydrogen (secondary N) is 1. The summed E-state index contributed by atoms with van der Waals surface area (Å²) in [6.07, 6.45) is -0.767. The maximum atomic E-state index is 11.6. The number of ether oxygens (including phenoxy) is 1. The molecule has 19 heavy (non-hydrogen) atoms. The number of thiocarbonyl (C=S) groups is 1. The summed E-state index contributed by atoms with van der Waals surface area (Å²) in [6.45, 7) is 2.86. The molecule has 0 aliphatic carbocycles. The van der Waals surface area contributed by atoms with E-state index in [2.05, 4.69) is 5.32 Å². The van der Waals surface area contributed by atoms with Crippen molar-refractivity contribution in [3.05, 3.63) is 41.6 Å². The Balaban J connectivity index is 2.70. The van der Waals surface area contributed by atoms with Crippen molar-refractivity contribution in [2.24, 2.45) is 5.73 Å². The van der Waals surface area contributed by atoms with Crippen molar-refractivity contribution in [1.29, 1.82) is 0 Å². The van der Waals surface area contributed by atoms with Gasteiger partial charge in [-0.1, -0.05) is 30.4 Å². The fraction of sp³-hybridized carbons (Fsp3) is 0.154. The molecule has 0 aromatic heterocycles. The lowest BCUT2D eigenvalue weighted by molar-refractivity contribution is -0.113. The van der Waals surface area contributed by atoms with E-state index in [0.29, 0.717) is 5.75 Å². The first-order chi connectivity index (χ1) is 8.91. The molecule has 0 fully saturated rings. The van der Waals surface area contributed by atoms with Crippen LogP contribution in [0.3, 0.4) is 0 Å². The molecule has 1 rings (SSSR count).